The molecular formula is C8H17O4P. The summed E-state index contributed by atoms with van der Waals surface area (Å²) in [5, 5.41) is 0. The molecule has 4 nitrogen and oxygen atoms in total. The first-order chi connectivity index (χ1) is 5.87. The van der Waals surface area contributed by atoms with Crippen LogP contribution in [0.25, 0.3) is 0 Å². The summed E-state index contributed by atoms with van der Waals surface area (Å²) in [7, 11) is -4.31. The Hall–Kier alpha value is 0.110. The third kappa shape index (κ3) is 3.06. The molecule has 0 spiro atoms. The lowest BCUT2D eigenvalue weighted by atomic mass is 9.70. The summed E-state index contributed by atoms with van der Waals surface area (Å²) in [6.45, 7) is 4.06. The number of phosphoric ester groups is 1. The van der Waals surface area contributed by atoms with Crippen molar-refractivity contribution in [2.75, 3.05) is 0 Å². The Bertz CT molecular complexity index is 211. The highest BCUT2D eigenvalue weighted by atomic mass is 31.2. The van der Waals surface area contributed by atoms with Gasteiger partial charge in [0.1, 0.15) is 0 Å². The van der Waals surface area contributed by atoms with Crippen LogP contribution in [0, 0.1) is 5.92 Å². The standard InChI is InChI=1S/C8H17O4P/c1-3-4-8(5-7(2)6-8)12-13(9,10)11/h7H,3-6H2,1-2H3,(H2,9,10,11). The first-order valence-electron chi connectivity index (χ1n) is 4.63. The van der Waals surface area contributed by atoms with E-state index in [1.54, 1.807) is 0 Å². The minimum absolute atomic E-state index is 0.526. The molecule has 0 aromatic carbocycles. The van der Waals surface area contributed by atoms with Crippen molar-refractivity contribution in [2.45, 2.75) is 45.1 Å². The lowest BCUT2D eigenvalue weighted by molar-refractivity contribution is -0.0677. The molecule has 0 radical (unpaired) electrons. The lowest BCUT2D eigenvalue weighted by Gasteiger charge is -2.45. The van der Waals surface area contributed by atoms with Crippen molar-refractivity contribution in [1.82, 2.24) is 0 Å². The van der Waals surface area contributed by atoms with Gasteiger partial charge in [-0.15, -0.1) is 0 Å². The van der Waals surface area contributed by atoms with Gasteiger partial charge < -0.3 is 9.79 Å². The van der Waals surface area contributed by atoms with E-state index in [0.29, 0.717) is 5.92 Å². The third-order valence-electron chi connectivity index (χ3n) is 2.46. The summed E-state index contributed by atoms with van der Waals surface area (Å²) < 4.78 is 15.5. The molecule has 0 atom stereocenters. The van der Waals surface area contributed by atoms with Gasteiger partial charge in [-0.3, -0.25) is 4.52 Å². The molecule has 1 aliphatic carbocycles. The van der Waals surface area contributed by atoms with Crippen molar-refractivity contribution in [1.29, 1.82) is 0 Å². The van der Waals surface area contributed by atoms with Gasteiger partial charge in [0.2, 0.25) is 0 Å². The van der Waals surface area contributed by atoms with Gasteiger partial charge in [-0.05, 0) is 25.2 Å². The molecule has 13 heavy (non-hydrogen) atoms. The number of hydrogen-bond acceptors (Lipinski definition) is 2. The number of phosphoric acid groups is 1. The Morgan fingerprint density at radius 2 is 2.08 bits per heavy atom. The van der Waals surface area contributed by atoms with E-state index in [-0.39, 0.29) is 0 Å². The second-order valence-electron chi connectivity index (χ2n) is 4.03. The minimum Gasteiger partial charge on any atom is -0.303 e. The van der Waals surface area contributed by atoms with Crippen LogP contribution in [0.4, 0.5) is 0 Å². The van der Waals surface area contributed by atoms with Crippen LogP contribution in [0.3, 0.4) is 0 Å². The van der Waals surface area contributed by atoms with Crippen molar-refractivity contribution in [2.24, 2.45) is 5.92 Å². The van der Waals surface area contributed by atoms with Gasteiger partial charge in [-0.25, -0.2) is 4.57 Å². The highest BCUT2D eigenvalue weighted by Gasteiger charge is 2.46. The molecule has 0 aromatic rings. The minimum atomic E-state index is -4.31. The molecule has 0 saturated heterocycles. The van der Waals surface area contributed by atoms with Gasteiger partial charge in [0.25, 0.3) is 0 Å². The molecule has 1 rings (SSSR count). The van der Waals surface area contributed by atoms with Crippen LogP contribution in [0.2, 0.25) is 0 Å². The summed E-state index contributed by atoms with van der Waals surface area (Å²) in [6.07, 6.45) is 3.17. The normalized spacial score (nSPS) is 34.3. The highest BCUT2D eigenvalue weighted by Crippen LogP contribution is 2.53. The molecule has 0 heterocycles. The summed E-state index contributed by atoms with van der Waals surface area (Å²) >= 11 is 0. The van der Waals surface area contributed by atoms with Crippen molar-refractivity contribution in [3.8, 4) is 0 Å². The average Bonchev–Trinajstić information content (AvgIpc) is 1.80. The molecule has 1 fully saturated rings. The maximum absolute atomic E-state index is 10.7. The lowest BCUT2D eigenvalue weighted by Crippen LogP contribution is -2.44. The molecule has 0 bridgehead atoms. The van der Waals surface area contributed by atoms with E-state index in [1.807, 2.05) is 6.92 Å². The molecule has 0 unspecified atom stereocenters. The van der Waals surface area contributed by atoms with Gasteiger partial charge in [0, 0.05) is 0 Å². The van der Waals surface area contributed by atoms with Gasteiger partial charge in [-0.2, -0.15) is 0 Å². The third-order valence-corrected chi connectivity index (χ3v) is 3.08. The second kappa shape index (κ2) is 3.70. The Labute approximate surface area is 78.5 Å². The summed E-state index contributed by atoms with van der Waals surface area (Å²) in [4.78, 5) is 17.4. The smallest absolute Gasteiger partial charge is 0.303 e. The van der Waals surface area contributed by atoms with Crippen molar-refractivity contribution >= 4 is 7.82 Å². The Kier molecular flexibility index (Phi) is 3.18. The first-order valence-corrected chi connectivity index (χ1v) is 6.16. The van der Waals surface area contributed by atoms with Crippen LogP contribution in [0.5, 0.6) is 0 Å². The van der Waals surface area contributed by atoms with Gasteiger partial charge in [-0.1, -0.05) is 20.3 Å². The zero-order valence-corrected chi connectivity index (χ0v) is 8.96. The predicted octanol–water partition coefficient (Wildman–Crippen LogP) is 2.06. The maximum Gasteiger partial charge on any atom is 0.470 e. The molecule has 5 heteroatoms. The van der Waals surface area contributed by atoms with Gasteiger partial charge >= 0.3 is 7.82 Å². The second-order valence-corrected chi connectivity index (χ2v) is 5.19. The zero-order valence-electron chi connectivity index (χ0n) is 8.06. The van der Waals surface area contributed by atoms with E-state index in [1.165, 1.54) is 0 Å². The largest absolute Gasteiger partial charge is 0.470 e. The maximum atomic E-state index is 10.7. The van der Waals surface area contributed by atoms with Crippen molar-refractivity contribution in [3.63, 3.8) is 0 Å². The van der Waals surface area contributed by atoms with E-state index in [4.69, 9.17) is 14.3 Å². The van der Waals surface area contributed by atoms with E-state index >= 15 is 0 Å². The Morgan fingerprint density at radius 3 is 2.38 bits per heavy atom. The summed E-state index contributed by atoms with van der Waals surface area (Å²) in [6, 6.07) is 0. The van der Waals surface area contributed by atoms with Crippen LogP contribution in [-0.4, -0.2) is 15.4 Å². The average molecular weight is 208 g/mol. The molecule has 1 saturated carbocycles. The molecule has 1 aliphatic rings. The number of rotatable bonds is 4. The fraction of sp³-hybridized carbons (Fsp3) is 1.00. The molecule has 0 aliphatic heterocycles. The Balaban J connectivity index is 2.55. The molecule has 0 amide bonds. The van der Waals surface area contributed by atoms with Crippen LogP contribution in [0.1, 0.15) is 39.5 Å². The molecule has 2 N–H and O–H groups in total. The fourth-order valence-electron chi connectivity index (χ4n) is 2.24. The summed E-state index contributed by atoms with van der Waals surface area (Å²) in [5.74, 6) is 0.526. The van der Waals surface area contributed by atoms with Crippen LogP contribution in [-0.2, 0) is 9.09 Å². The van der Waals surface area contributed by atoms with Crippen molar-refractivity contribution in [3.05, 3.63) is 0 Å². The fourth-order valence-corrected chi connectivity index (χ4v) is 2.99. The zero-order chi connectivity index (χ0) is 10.1. The Morgan fingerprint density at radius 1 is 1.54 bits per heavy atom. The molecular weight excluding hydrogens is 191 g/mol. The highest BCUT2D eigenvalue weighted by molar-refractivity contribution is 7.46. The predicted molar refractivity (Wildman–Crippen MR) is 49.2 cm³/mol. The van der Waals surface area contributed by atoms with E-state index in [0.717, 1.165) is 25.7 Å². The van der Waals surface area contributed by atoms with Crippen LogP contribution in [0.15, 0.2) is 0 Å². The van der Waals surface area contributed by atoms with Crippen LogP contribution < -0.4 is 0 Å². The SMILES string of the molecule is CCCC1(OP(=O)(O)O)CC(C)C1. The van der Waals surface area contributed by atoms with E-state index in [9.17, 15) is 4.57 Å². The topological polar surface area (TPSA) is 66.8 Å². The van der Waals surface area contributed by atoms with Gasteiger partial charge in [0.05, 0.1) is 5.60 Å². The quantitative estimate of drug-likeness (QED) is 0.694. The number of hydrogen-bond donors (Lipinski definition) is 2. The molecule has 0 aromatic heterocycles. The monoisotopic (exact) mass is 208 g/mol. The van der Waals surface area contributed by atoms with E-state index in [2.05, 4.69) is 6.92 Å². The molecule has 78 valence electrons. The van der Waals surface area contributed by atoms with Gasteiger partial charge in [0.15, 0.2) is 0 Å². The first kappa shape index (κ1) is 11.2. The summed E-state index contributed by atoms with van der Waals surface area (Å²) in [5.41, 5.74) is -0.535. The van der Waals surface area contributed by atoms with Crippen molar-refractivity contribution < 1.29 is 18.9 Å². The van der Waals surface area contributed by atoms with Crippen LogP contribution >= 0.6 is 7.82 Å². The van der Waals surface area contributed by atoms with E-state index < -0.39 is 13.4 Å².